The minimum atomic E-state index is -0.712. The summed E-state index contributed by atoms with van der Waals surface area (Å²) < 4.78 is 13.2. The van der Waals surface area contributed by atoms with Crippen molar-refractivity contribution in [3.05, 3.63) is 22.6 Å². The maximum Gasteiger partial charge on any atom is 0.377 e. The van der Waals surface area contributed by atoms with Crippen LogP contribution in [0.5, 0.6) is 0 Å². The summed E-state index contributed by atoms with van der Waals surface area (Å²) in [6.07, 6.45) is 10.7. The lowest BCUT2D eigenvalue weighted by molar-refractivity contribution is -0.151. The molecule has 0 spiro atoms. The standard InChI is InChI=1S/C31H47N5O5/c1-5-8-11-22-18-21(4)19-23(12-9-6-2)28(22)40-30(37)26-24(20-32)27(31(38)41-35-14-16-39-17-15-35)36-29(26)33-25(34-36)13-10-7-3/h21-23,28H,5-19H2,1-4H3,(H,33,34). The van der Waals surface area contributed by atoms with Gasteiger partial charge in [0.05, 0.1) is 26.3 Å². The Morgan fingerprint density at radius 3 is 2.24 bits per heavy atom. The lowest BCUT2D eigenvalue weighted by Gasteiger charge is -2.40. The zero-order chi connectivity index (χ0) is 29.4. The largest absolute Gasteiger partial charge is 0.458 e. The van der Waals surface area contributed by atoms with E-state index in [-0.39, 0.29) is 40.4 Å². The highest BCUT2D eigenvalue weighted by Crippen LogP contribution is 2.41. The van der Waals surface area contributed by atoms with Crippen LogP contribution in [0.25, 0.3) is 5.65 Å². The van der Waals surface area contributed by atoms with E-state index in [1.54, 1.807) is 0 Å². The van der Waals surface area contributed by atoms with E-state index in [0.717, 1.165) is 64.2 Å². The van der Waals surface area contributed by atoms with Crippen molar-refractivity contribution in [3.8, 4) is 6.07 Å². The molecule has 2 fully saturated rings. The number of esters is 1. The van der Waals surface area contributed by atoms with Crippen molar-refractivity contribution >= 4 is 17.6 Å². The van der Waals surface area contributed by atoms with Crippen molar-refractivity contribution in [1.82, 2.24) is 19.7 Å². The highest BCUT2D eigenvalue weighted by molar-refractivity contribution is 6.04. The number of fused-ring (bicyclic) bond motifs is 1. The number of hydrogen-bond donors (Lipinski definition) is 1. The molecule has 1 aliphatic heterocycles. The maximum atomic E-state index is 14.1. The molecule has 2 aromatic rings. The number of H-pyrrole nitrogens is 1. The molecule has 2 aromatic heterocycles. The van der Waals surface area contributed by atoms with Crippen molar-refractivity contribution in [2.45, 2.75) is 104 Å². The molecule has 0 amide bonds. The fourth-order valence-corrected chi connectivity index (χ4v) is 6.46. The van der Waals surface area contributed by atoms with Crippen LogP contribution in [0.15, 0.2) is 0 Å². The van der Waals surface area contributed by atoms with E-state index in [0.29, 0.717) is 44.5 Å². The topological polar surface area (TPSA) is 122 Å². The monoisotopic (exact) mass is 569 g/mol. The smallest absolute Gasteiger partial charge is 0.377 e. The van der Waals surface area contributed by atoms with Crippen LogP contribution in [-0.2, 0) is 20.7 Å². The Hall–Kier alpha value is -2.90. The summed E-state index contributed by atoms with van der Waals surface area (Å²) in [6, 6.07) is 2.11. The van der Waals surface area contributed by atoms with E-state index in [2.05, 4.69) is 43.8 Å². The fourth-order valence-electron chi connectivity index (χ4n) is 6.46. The number of nitriles is 1. The van der Waals surface area contributed by atoms with Gasteiger partial charge in [-0.05, 0) is 49.9 Å². The molecule has 2 atom stereocenters. The van der Waals surface area contributed by atoms with Gasteiger partial charge in [0.1, 0.15) is 29.1 Å². The van der Waals surface area contributed by atoms with Crippen LogP contribution < -0.4 is 0 Å². The number of carbonyl (C=O) groups excluding carboxylic acids is 2. The first kappa shape index (κ1) is 31.0. The van der Waals surface area contributed by atoms with Gasteiger partial charge in [-0.1, -0.05) is 59.8 Å². The number of aromatic nitrogens is 3. The van der Waals surface area contributed by atoms with Crippen LogP contribution in [0.4, 0.5) is 0 Å². The van der Waals surface area contributed by atoms with Crippen LogP contribution in [0.1, 0.15) is 124 Å². The van der Waals surface area contributed by atoms with Gasteiger partial charge >= 0.3 is 11.9 Å². The number of carbonyl (C=O) groups is 2. The second-order valence-corrected chi connectivity index (χ2v) is 11.8. The Morgan fingerprint density at radius 2 is 1.66 bits per heavy atom. The van der Waals surface area contributed by atoms with Crippen LogP contribution in [0.3, 0.4) is 0 Å². The molecule has 10 heteroatoms. The molecule has 0 radical (unpaired) electrons. The number of ether oxygens (including phenoxy) is 2. The molecule has 226 valence electrons. The van der Waals surface area contributed by atoms with E-state index in [1.165, 1.54) is 9.58 Å². The van der Waals surface area contributed by atoms with Crippen molar-refractivity contribution < 1.29 is 23.9 Å². The maximum absolute atomic E-state index is 14.1. The molecule has 3 heterocycles. The second-order valence-electron chi connectivity index (χ2n) is 11.8. The average molecular weight is 570 g/mol. The van der Waals surface area contributed by atoms with Gasteiger partial charge < -0.3 is 14.3 Å². The van der Waals surface area contributed by atoms with Crippen molar-refractivity contribution in [1.29, 1.82) is 5.26 Å². The van der Waals surface area contributed by atoms with Gasteiger partial charge in [-0.15, -0.1) is 5.06 Å². The molecular formula is C31H47N5O5. The lowest BCUT2D eigenvalue weighted by atomic mass is 9.70. The van der Waals surface area contributed by atoms with Crippen molar-refractivity contribution in [3.63, 3.8) is 0 Å². The third-order valence-electron chi connectivity index (χ3n) is 8.53. The third-order valence-corrected chi connectivity index (χ3v) is 8.53. The first-order valence-electron chi connectivity index (χ1n) is 15.7. The highest BCUT2D eigenvalue weighted by Gasteiger charge is 2.40. The molecule has 4 rings (SSSR count). The molecule has 0 bridgehead atoms. The Labute approximate surface area is 243 Å². The molecule has 1 saturated carbocycles. The summed E-state index contributed by atoms with van der Waals surface area (Å²) in [5, 5.41) is 14.9. The normalized spacial score (nSPS) is 23.4. The first-order valence-corrected chi connectivity index (χ1v) is 15.7. The van der Waals surface area contributed by atoms with Crippen LogP contribution in [0.2, 0.25) is 0 Å². The Bertz CT molecular complexity index is 1190. The highest BCUT2D eigenvalue weighted by atomic mass is 16.7. The number of aromatic amines is 1. The summed E-state index contributed by atoms with van der Waals surface area (Å²) >= 11 is 0. The van der Waals surface area contributed by atoms with E-state index < -0.39 is 11.9 Å². The van der Waals surface area contributed by atoms with Gasteiger partial charge in [-0.3, -0.25) is 5.10 Å². The van der Waals surface area contributed by atoms with Crippen LogP contribution >= 0.6 is 0 Å². The molecule has 10 nitrogen and oxygen atoms in total. The van der Waals surface area contributed by atoms with Gasteiger partial charge in [-0.25, -0.2) is 19.1 Å². The average Bonchev–Trinajstić information content (AvgIpc) is 3.51. The van der Waals surface area contributed by atoms with Gasteiger partial charge in [0.25, 0.3) is 0 Å². The van der Waals surface area contributed by atoms with E-state index >= 15 is 0 Å². The summed E-state index contributed by atoms with van der Waals surface area (Å²) in [7, 11) is 0. The molecule has 2 aliphatic rings. The number of hydroxylamine groups is 2. The van der Waals surface area contributed by atoms with Gasteiger partial charge in [0, 0.05) is 6.42 Å². The molecule has 0 aromatic carbocycles. The van der Waals surface area contributed by atoms with Crippen molar-refractivity contribution in [2.24, 2.45) is 17.8 Å². The van der Waals surface area contributed by atoms with Gasteiger partial charge in [-0.2, -0.15) is 5.26 Å². The summed E-state index contributed by atoms with van der Waals surface area (Å²) in [6.45, 7) is 10.5. The number of nitrogens with one attached hydrogen (secondary N) is 1. The predicted octanol–water partition coefficient (Wildman–Crippen LogP) is 5.85. The number of aryl methyl sites for hydroxylation is 1. The zero-order valence-corrected chi connectivity index (χ0v) is 25.2. The summed E-state index contributed by atoms with van der Waals surface area (Å²) in [5.41, 5.74) is 0.195. The Morgan fingerprint density at radius 1 is 1.02 bits per heavy atom. The summed E-state index contributed by atoms with van der Waals surface area (Å²) in [4.78, 5) is 37.8. The van der Waals surface area contributed by atoms with E-state index in [9.17, 15) is 14.9 Å². The molecule has 1 aliphatic carbocycles. The van der Waals surface area contributed by atoms with E-state index in [1.807, 2.05) is 0 Å². The minimum Gasteiger partial charge on any atom is -0.458 e. The van der Waals surface area contributed by atoms with Gasteiger partial charge in [0.15, 0.2) is 11.3 Å². The second kappa shape index (κ2) is 14.8. The molecule has 2 unspecified atom stereocenters. The van der Waals surface area contributed by atoms with Crippen LogP contribution in [-0.4, -0.2) is 64.0 Å². The zero-order valence-electron chi connectivity index (χ0n) is 25.2. The number of morpholine rings is 1. The first-order chi connectivity index (χ1) is 19.9. The minimum absolute atomic E-state index is 0.0291. The quantitative estimate of drug-likeness (QED) is 0.298. The van der Waals surface area contributed by atoms with E-state index in [4.69, 9.17) is 14.3 Å². The van der Waals surface area contributed by atoms with Gasteiger partial charge in [0.2, 0.25) is 0 Å². The number of unbranched alkanes of at least 4 members (excludes halogenated alkanes) is 3. The fraction of sp³-hybridized carbons (Fsp3) is 0.742. The lowest BCUT2D eigenvalue weighted by Crippen LogP contribution is -2.40. The molecular weight excluding hydrogens is 522 g/mol. The SMILES string of the molecule is CCCCc1nc2c(C(=O)OC3C(CCCC)CC(C)CC3CCCC)c(C#N)c(C(=O)ON3CCOCC3)n2[nH]1. The predicted molar refractivity (Wildman–Crippen MR) is 154 cm³/mol. The van der Waals surface area contributed by atoms with Crippen LogP contribution in [0, 0.1) is 29.1 Å². The number of rotatable bonds is 13. The molecule has 1 N–H and O–H groups in total. The Kier molecular flexibility index (Phi) is 11.2. The summed E-state index contributed by atoms with van der Waals surface area (Å²) in [5.74, 6) is 0.487. The third kappa shape index (κ3) is 7.31. The van der Waals surface area contributed by atoms with Crippen molar-refractivity contribution in [2.75, 3.05) is 26.3 Å². The number of hydrogen-bond acceptors (Lipinski definition) is 8. The molecule has 1 saturated heterocycles. The Balaban J connectivity index is 1.71. The number of nitrogens with zero attached hydrogens (tertiary/aromatic N) is 4. The molecule has 41 heavy (non-hydrogen) atoms.